The number of aromatic nitrogens is 3. The molecule has 2 aromatic heterocycles. The second-order valence-corrected chi connectivity index (χ2v) is 7.98. The largest absolute Gasteiger partial charge is 0.422 e. The van der Waals surface area contributed by atoms with Crippen LogP contribution in [-0.4, -0.2) is 14.8 Å². The van der Waals surface area contributed by atoms with Crippen LogP contribution in [0, 0.1) is 27.7 Å². The van der Waals surface area contributed by atoms with Gasteiger partial charge in [-0.05, 0) is 56.0 Å². The van der Waals surface area contributed by atoms with E-state index in [0.717, 1.165) is 32.9 Å². The number of rotatable bonds is 4. The maximum Gasteiger partial charge on any atom is 0.336 e. The lowest BCUT2D eigenvalue weighted by atomic mass is 10.0. The normalized spacial score (nSPS) is 11.3. The van der Waals surface area contributed by atoms with Gasteiger partial charge in [0.15, 0.2) is 5.16 Å². The van der Waals surface area contributed by atoms with Gasteiger partial charge in [-0.2, -0.15) is 0 Å². The van der Waals surface area contributed by atoms with Crippen LogP contribution in [0.15, 0.2) is 57.1 Å². The third kappa shape index (κ3) is 3.36. The highest BCUT2D eigenvalue weighted by atomic mass is 32.2. The van der Waals surface area contributed by atoms with Crippen molar-refractivity contribution in [2.75, 3.05) is 0 Å². The van der Waals surface area contributed by atoms with Crippen LogP contribution in [-0.2, 0) is 5.75 Å². The maximum atomic E-state index is 12.1. The van der Waals surface area contributed by atoms with E-state index in [2.05, 4.69) is 48.3 Å². The Morgan fingerprint density at radius 3 is 2.64 bits per heavy atom. The second-order valence-electron chi connectivity index (χ2n) is 7.04. The van der Waals surface area contributed by atoms with Gasteiger partial charge in [0.1, 0.15) is 11.9 Å². The van der Waals surface area contributed by atoms with Crippen molar-refractivity contribution in [3.05, 3.63) is 81.0 Å². The van der Waals surface area contributed by atoms with Gasteiger partial charge in [-0.15, -0.1) is 10.2 Å². The lowest BCUT2D eigenvalue weighted by molar-refractivity contribution is 0.557. The topological polar surface area (TPSA) is 60.9 Å². The molecule has 0 aliphatic rings. The first-order chi connectivity index (χ1) is 13.4. The standard InChI is InChI=1S/C22H21N3O2S/c1-13-5-8-19(15(3)9-13)25-12-23-24-22(25)28-11-17-10-20(26)27-21-16(4)14(2)6-7-18(17)21/h5-10,12H,11H2,1-4H3. The molecule has 0 spiro atoms. The van der Waals surface area contributed by atoms with Crippen LogP contribution in [0.3, 0.4) is 0 Å². The van der Waals surface area contributed by atoms with Gasteiger partial charge in [0.2, 0.25) is 0 Å². The van der Waals surface area contributed by atoms with E-state index in [0.29, 0.717) is 11.3 Å². The SMILES string of the molecule is Cc1ccc(-n2cnnc2SCc2cc(=O)oc3c(C)c(C)ccc23)c(C)c1. The predicted octanol–water partition coefficient (Wildman–Crippen LogP) is 4.90. The van der Waals surface area contributed by atoms with Gasteiger partial charge in [-0.3, -0.25) is 4.57 Å². The Hall–Kier alpha value is -2.86. The first-order valence-electron chi connectivity index (χ1n) is 9.07. The molecular formula is C22H21N3O2S. The lowest BCUT2D eigenvalue weighted by Gasteiger charge is -2.11. The van der Waals surface area contributed by atoms with Crippen molar-refractivity contribution >= 4 is 22.7 Å². The molecule has 2 aromatic carbocycles. The molecule has 0 atom stereocenters. The van der Waals surface area contributed by atoms with E-state index in [1.165, 1.54) is 11.1 Å². The van der Waals surface area contributed by atoms with Gasteiger partial charge >= 0.3 is 5.63 Å². The fraction of sp³-hybridized carbons (Fsp3) is 0.227. The summed E-state index contributed by atoms with van der Waals surface area (Å²) in [7, 11) is 0. The van der Waals surface area contributed by atoms with Crippen molar-refractivity contribution in [2.24, 2.45) is 0 Å². The highest BCUT2D eigenvalue weighted by Crippen LogP contribution is 2.29. The first kappa shape index (κ1) is 18.5. The Labute approximate surface area is 167 Å². The van der Waals surface area contributed by atoms with Crippen molar-refractivity contribution in [3.8, 4) is 5.69 Å². The van der Waals surface area contributed by atoms with Crippen LogP contribution >= 0.6 is 11.8 Å². The summed E-state index contributed by atoms with van der Waals surface area (Å²) in [5.74, 6) is 0.605. The van der Waals surface area contributed by atoms with Crippen LogP contribution < -0.4 is 5.63 Å². The minimum Gasteiger partial charge on any atom is -0.422 e. The van der Waals surface area contributed by atoms with Crippen molar-refractivity contribution in [2.45, 2.75) is 38.6 Å². The molecule has 4 aromatic rings. The molecule has 4 rings (SSSR count). The first-order valence-corrected chi connectivity index (χ1v) is 10.1. The number of thioether (sulfide) groups is 1. The molecule has 0 radical (unpaired) electrons. The monoisotopic (exact) mass is 391 g/mol. The minimum atomic E-state index is -0.326. The fourth-order valence-corrected chi connectivity index (χ4v) is 4.26. The zero-order chi connectivity index (χ0) is 19.8. The van der Waals surface area contributed by atoms with E-state index >= 15 is 0 Å². The van der Waals surface area contributed by atoms with Crippen LogP contribution in [0.25, 0.3) is 16.7 Å². The van der Waals surface area contributed by atoms with Crippen LogP contribution in [0.5, 0.6) is 0 Å². The molecule has 0 saturated heterocycles. The summed E-state index contributed by atoms with van der Waals surface area (Å²) in [4.78, 5) is 12.1. The maximum absolute atomic E-state index is 12.1. The minimum absolute atomic E-state index is 0.326. The number of hydrogen-bond acceptors (Lipinski definition) is 5. The van der Waals surface area contributed by atoms with Crippen molar-refractivity contribution in [1.29, 1.82) is 0 Å². The van der Waals surface area contributed by atoms with Gasteiger partial charge in [0.05, 0.1) is 5.69 Å². The Kier molecular flexibility index (Phi) is 4.81. The summed E-state index contributed by atoms with van der Waals surface area (Å²) in [6, 6.07) is 12.0. The molecule has 2 heterocycles. The zero-order valence-electron chi connectivity index (χ0n) is 16.3. The smallest absolute Gasteiger partial charge is 0.336 e. The summed E-state index contributed by atoms with van der Waals surface area (Å²) >= 11 is 1.56. The van der Waals surface area contributed by atoms with E-state index in [9.17, 15) is 4.79 Å². The van der Waals surface area contributed by atoms with Crippen molar-refractivity contribution in [1.82, 2.24) is 14.8 Å². The molecule has 0 fully saturated rings. The third-order valence-corrected chi connectivity index (χ3v) is 5.99. The average molecular weight is 391 g/mol. The highest BCUT2D eigenvalue weighted by molar-refractivity contribution is 7.98. The molecular weight excluding hydrogens is 370 g/mol. The number of benzene rings is 2. The summed E-state index contributed by atoms with van der Waals surface area (Å²) in [6.45, 7) is 8.16. The van der Waals surface area contributed by atoms with Crippen LogP contribution in [0.2, 0.25) is 0 Å². The van der Waals surface area contributed by atoms with E-state index in [-0.39, 0.29) is 5.63 Å². The van der Waals surface area contributed by atoms with E-state index in [4.69, 9.17) is 4.42 Å². The van der Waals surface area contributed by atoms with E-state index in [1.54, 1.807) is 24.2 Å². The second kappa shape index (κ2) is 7.28. The molecule has 0 amide bonds. The average Bonchev–Trinajstić information content (AvgIpc) is 3.11. The molecule has 5 nitrogen and oxygen atoms in total. The van der Waals surface area contributed by atoms with Crippen LogP contribution in [0.1, 0.15) is 27.8 Å². The van der Waals surface area contributed by atoms with Gasteiger partial charge in [-0.1, -0.05) is 41.6 Å². The molecule has 6 heteroatoms. The fourth-order valence-electron chi connectivity index (χ4n) is 3.35. The molecule has 28 heavy (non-hydrogen) atoms. The van der Waals surface area contributed by atoms with Gasteiger partial charge in [0.25, 0.3) is 0 Å². The van der Waals surface area contributed by atoms with Crippen molar-refractivity contribution < 1.29 is 4.42 Å². The van der Waals surface area contributed by atoms with Gasteiger partial charge in [-0.25, -0.2) is 4.79 Å². The van der Waals surface area contributed by atoms with E-state index < -0.39 is 0 Å². The predicted molar refractivity (Wildman–Crippen MR) is 112 cm³/mol. The summed E-state index contributed by atoms with van der Waals surface area (Å²) < 4.78 is 7.46. The quantitative estimate of drug-likeness (QED) is 0.366. The molecule has 0 saturated carbocycles. The Morgan fingerprint density at radius 2 is 1.86 bits per heavy atom. The number of fused-ring (bicyclic) bond motifs is 1. The van der Waals surface area contributed by atoms with Crippen molar-refractivity contribution in [3.63, 3.8) is 0 Å². The van der Waals surface area contributed by atoms with E-state index in [1.807, 2.05) is 24.5 Å². The van der Waals surface area contributed by atoms with Gasteiger partial charge < -0.3 is 4.42 Å². The molecule has 0 aliphatic heterocycles. The summed E-state index contributed by atoms with van der Waals surface area (Å²) in [5, 5.41) is 10.1. The Balaban J connectivity index is 1.69. The zero-order valence-corrected chi connectivity index (χ0v) is 17.1. The molecule has 0 unspecified atom stereocenters. The lowest BCUT2D eigenvalue weighted by Crippen LogP contribution is -2.02. The van der Waals surface area contributed by atoms with Gasteiger partial charge in [0, 0.05) is 17.2 Å². The molecule has 142 valence electrons. The number of hydrogen-bond donors (Lipinski definition) is 0. The molecule has 0 aliphatic carbocycles. The summed E-state index contributed by atoms with van der Waals surface area (Å²) in [6.07, 6.45) is 1.73. The number of aryl methyl sites for hydroxylation is 4. The molecule has 0 N–H and O–H groups in total. The van der Waals surface area contributed by atoms with Crippen LogP contribution in [0.4, 0.5) is 0 Å². The Morgan fingerprint density at radius 1 is 1.04 bits per heavy atom. The third-order valence-electron chi connectivity index (χ3n) is 5.00. The summed E-state index contributed by atoms with van der Waals surface area (Å²) in [5.41, 5.74) is 6.83. The Bertz CT molecular complexity index is 1240. The molecule has 0 bridgehead atoms. The number of nitrogens with zero attached hydrogens (tertiary/aromatic N) is 3. The highest BCUT2D eigenvalue weighted by Gasteiger charge is 2.13.